The van der Waals surface area contributed by atoms with Gasteiger partial charge in [0.25, 0.3) is 0 Å². The van der Waals surface area contributed by atoms with Crippen molar-refractivity contribution in [3.8, 4) is 5.75 Å². The maximum atomic E-state index is 11.6. The van der Waals surface area contributed by atoms with Gasteiger partial charge >= 0.3 is 0 Å². The highest BCUT2D eigenvalue weighted by Crippen LogP contribution is 2.38. The highest BCUT2D eigenvalue weighted by molar-refractivity contribution is 9.10. The zero-order valence-corrected chi connectivity index (χ0v) is 11.7. The number of carbonyl (C=O) groups is 1. The molecule has 1 aliphatic rings. The molecule has 1 amide bonds. The van der Waals surface area contributed by atoms with E-state index in [1.807, 2.05) is 23.1 Å². The van der Waals surface area contributed by atoms with Crippen LogP contribution in [0.4, 0.5) is 0 Å². The molecule has 0 bridgehead atoms. The normalized spacial score (nSPS) is 19.5. The van der Waals surface area contributed by atoms with E-state index in [9.17, 15) is 4.79 Å². The molecule has 1 aromatic rings. The molecule has 1 atom stereocenters. The SMILES string of the molecule is COc1ccc(Br)cc1[C@@H]1CCCN1C(C)=O. The van der Waals surface area contributed by atoms with Crippen LogP contribution in [0.1, 0.15) is 31.4 Å². The Kier molecular flexibility index (Phi) is 3.72. The van der Waals surface area contributed by atoms with E-state index in [1.165, 1.54) is 0 Å². The topological polar surface area (TPSA) is 29.5 Å². The number of methoxy groups -OCH3 is 1. The fraction of sp³-hybridized carbons (Fsp3) is 0.462. The molecule has 1 aliphatic heterocycles. The lowest BCUT2D eigenvalue weighted by atomic mass is 10.0. The Morgan fingerprint density at radius 3 is 2.94 bits per heavy atom. The van der Waals surface area contributed by atoms with Crippen LogP contribution >= 0.6 is 15.9 Å². The summed E-state index contributed by atoms with van der Waals surface area (Å²) >= 11 is 3.47. The van der Waals surface area contributed by atoms with Gasteiger partial charge in [0.05, 0.1) is 13.2 Å². The first-order chi connectivity index (χ1) is 8.13. The quantitative estimate of drug-likeness (QED) is 0.839. The number of carbonyl (C=O) groups excluding carboxylic acids is 1. The predicted molar refractivity (Wildman–Crippen MR) is 70.1 cm³/mol. The summed E-state index contributed by atoms with van der Waals surface area (Å²) in [4.78, 5) is 13.5. The van der Waals surface area contributed by atoms with Crippen LogP contribution in [0.5, 0.6) is 5.75 Å². The zero-order valence-electron chi connectivity index (χ0n) is 10.1. The fourth-order valence-corrected chi connectivity index (χ4v) is 2.81. The summed E-state index contributed by atoms with van der Waals surface area (Å²) in [5.74, 6) is 0.987. The second-order valence-electron chi connectivity index (χ2n) is 4.26. The van der Waals surface area contributed by atoms with Gasteiger partial charge in [0.15, 0.2) is 0 Å². The van der Waals surface area contributed by atoms with Crippen molar-refractivity contribution in [1.82, 2.24) is 4.90 Å². The van der Waals surface area contributed by atoms with E-state index in [-0.39, 0.29) is 11.9 Å². The van der Waals surface area contributed by atoms with Gasteiger partial charge in [0.2, 0.25) is 5.91 Å². The summed E-state index contributed by atoms with van der Waals surface area (Å²) in [7, 11) is 1.67. The third-order valence-corrected chi connectivity index (χ3v) is 3.70. The number of hydrogen-bond acceptors (Lipinski definition) is 2. The maximum absolute atomic E-state index is 11.6. The molecular weight excluding hydrogens is 282 g/mol. The molecular formula is C13H16BrNO2. The summed E-state index contributed by atoms with van der Waals surface area (Å²) in [6.07, 6.45) is 2.06. The lowest BCUT2D eigenvalue weighted by molar-refractivity contribution is -0.129. The summed E-state index contributed by atoms with van der Waals surface area (Å²) in [5.41, 5.74) is 1.09. The molecule has 1 fully saturated rings. The van der Waals surface area contributed by atoms with Crippen molar-refractivity contribution in [2.24, 2.45) is 0 Å². The van der Waals surface area contributed by atoms with E-state index >= 15 is 0 Å². The molecule has 1 aromatic carbocycles. The number of likely N-dealkylation sites (tertiary alicyclic amines) is 1. The number of amides is 1. The first-order valence-electron chi connectivity index (χ1n) is 5.74. The Morgan fingerprint density at radius 1 is 1.53 bits per heavy atom. The van der Waals surface area contributed by atoms with Gasteiger partial charge in [-0.2, -0.15) is 0 Å². The number of hydrogen-bond donors (Lipinski definition) is 0. The molecule has 1 saturated heterocycles. The van der Waals surface area contributed by atoms with E-state index in [1.54, 1.807) is 14.0 Å². The molecule has 0 spiro atoms. The van der Waals surface area contributed by atoms with E-state index in [2.05, 4.69) is 15.9 Å². The summed E-state index contributed by atoms with van der Waals surface area (Å²) in [6, 6.07) is 6.09. The average Bonchev–Trinajstić information content (AvgIpc) is 2.77. The van der Waals surface area contributed by atoms with Crippen LogP contribution in [0.2, 0.25) is 0 Å². The van der Waals surface area contributed by atoms with Crippen LogP contribution in [0.25, 0.3) is 0 Å². The second-order valence-corrected chi connectivity index (χ2v) is 5.17. The minimum absolute atomic E-state index is 0.134. The molecule has 2 rings (SSSR count). The van der Waals surface area contributed by atoms with Crippen molar-refractivity contribution < 1.29 is 9.53 Å². The van der Waals surface area contributed by atoms with Gasteiger partial charge in [-0.15, -0.1) is 0 Å². The Morgan fingerprint density at radius 2 is 2.29 bits per heavy atom. The van der Waals surface area contributed by atoms with Gasteiger partial charge in [0, 0.05) is 23.5 Å². The van der Waals surface area contributed by atoms with Crippen LogP contribution in [0, 0.1) is 0 Å². The molecule has 4 heteroatoms. The monoisotopic (exact) mass is 297 g/mol. The van der Waals surface area contributed by atoms with Crippen molar-refractivity contribution in [3.05, 3.63) is 28.2 Å². The Bertz CT molecular complexity index is 433. The van der Waals surface area contributed by atoms with Crippen LogP contribution in [0.3, 0.4) is 0 Å². The minimum Gasteiger partial charge on any atom is -0.496 e. The number of rotatable bonds is 2. The van der Waals surface area contributed by atoms with E-state index in [0.717, 1.165) is 35.2 Å². The lowest BCUT2D eigenvalue weighted by Gasteiger charge is -2.25. The van der Waals surface area contributed by atoms with Crippen molar-refractivity contribution in [2.75, 3.05) is 13.7 Å². The first kappa shape index (κ1) is 12.4. The van der Waals surface area contributed by atoms with Gasteiger partial charge < -0.3 is 9.64 Å². The number of halogens is 1. The van der Waals surface area contributed by atoms with E-state index in [0.29, 0.717) is 0 Å². The molecule has 92 valence electrons. The molecule has 3 nitrogen and oxygen atoms in total. The van der Waals surface area contributed by atoms with Crippen LogP contribution < -0.4 is 4.74 Å². The number of nitrogens with zero attached hydrogens (tertiary/aromatic N) is 1. The first-order valence-corrected chi connectivity index (χ1v) is 6.53. The van der Waals surface area contributed by atoms with E-state index < -0.39 is 0 Å². The van der Waals surface area contributed by atoms with Gasteiger partial charge in [-0.25, -0.2) is 0 Å². The highest BCUT2D eigenvalue weighted by atomic mass is 79.9. The smallest absolute Gasteiger partial charge is 0.219 e. The van der Waals surface area contributed by atoms with Crippen molar-refractivity contribution in [2.45, 2.75) is 25.8 Å². The van der Waals surface area contributed by atoms with Crippen molar-refractivity contribution in [1.29, 1.82) is 0 Å². The standard InChI is InChI=1S/C13H16BrNO2/c1-9(16)15-7-3-4-12(15)11-8-10(14)5-6-13(11)17-2/h5-6,8,12H,3-4,7H2,1-2H3/t12-/m0/s1. The summed E-state index contributed by atoms with van der Waals surface area (Å²) in [5, 5.41) is 0. The molecule has 1 heterocycles. The second kappa shape index (κ2) is 5.08. The third kappa shape index (κ3) is 2.46. The predicted octanol–water partition coefficient (Wildman–Crippen LogP) is 3.14. The molecule has 0 saturated carbocycles. The Labute approximate surface area is 110 Å². The minimum atomic E-state index is 0.134. The Balaban J connectivity index is 2.38. The highest BCUT2D eigenvalue weighted by Gasteiger charge is 2.29. The molecule has 0 radical (unpaired) electrons. The van der Waals surface area contributed by atoms with Gasteiger partial charge in [-0.3, -0.25) is 4.79 Å². The van der Waals surface area contributed by atoms with Crippen LogP contribution in [-0.2, 0) is 4.79 Å². The van der Waals surface area contributed by atoms with Gasteiger partial charge in [-0.05, 0) is 31.0 Å². The van der Waals surface area contributed by atoms with Gasteiger partial charge in [-0.1, -0.05) is 15.9 Å². The van der Waals surface area contributed by atoms with E-state index in [4.69, 9.17) is 4.74 Å². The maximum Gasteiger partial charge on any atom is 0.219 e. The molecule has 0 aliphatic carbocycles. The largest absolute Gasteiger partial charge is 0.496 e. The van der Waals surface area contributed by atoms with Crippen LogP contribution in [0.15, 0.2) is 22.7 Å². The molecule has 0 unspecified atom stereocenters. The summed E-state index contributed by atoms with van der Waals surface area (Å²) < 4.78 is 6.40. The zero-order chi connectivity index (χ0) is 12.4. The lowest BCUT2D eigenvalue weighted by Crippen LogP contribution is -2.28. The van der Waals surface area contributed by atoms with Gasteiger partial charge in [0.1, 0.15) is 5.75 Å². The molecule has 0 N–H and O–H groups in total. The molecule has 17 heavy (non-hydrogen) atoms. The number of ether oxygens (including phenoxy) is 1. The number of benzene rings is 1. The fourth-order valence-electron chi connectivity index (χ4n) is 2.43. The summed E-state index contributed by atoms with van der Waals surface area (Å²) in [6.45, 7) is 2.47. The third-order valence-electron chi connectivity index (χ3n) is 3.21. The van der Waals surface area contributed by atoms with Crippen molar-refractivity contribution in [3.63, 3.8) is 0 Å². The van der Waals surface area contributed by atoms with Crippen LogP contribution in [-0.4, -0.2) is 24.5 Å². The Hall–Kier alpha value is -1.03. The average molecular weight is 298 g/mol. The molecule has 0 aromatic heterocycles. The van der Waals surface area contributed by atoms with Crippen molar-refractivity contribution >= 4 is 21.8 Å².